The number of alkyl halides is 3. The van der Waals surface area contributed by atoms with E-state index in [4.69, 9.17) is 5.11 Å². The molecule has 0 spiro atoms. The summed E-state index contributed by atoms with van der Waals surface area (Å²) in [5, 5.41) is 10.9. The monoisotopic (exact) mass is 313 g/mol. The summed E-state index contributed by atoms with van der Waals surface area (Å²) in [4.78, 5) is 34.8. The summed E-state index contributed by atoms with van der Waals surface area (Å²) in [5.41, 5.74) is 0. The van der Waals surface area contributed by atoms with E-state index in [0.717, 1.165) is 4.90 Å². The van der Waals surface area contributed by atoms with Crippen molar-refractivity contribution >= 4 is 17.9 Å². The van der Waals surface area contributed by atoms with E-state index >= 15 is 0 Å². The van der Waals surface area contributed by atoms with E-state index in [1.165, 1.54) is 21.0 Å². The van der Waals surface area contributed by atoms with Crippen LogP contribution in [0.4, 0.5) is 18.0 Å². The minimum atomic E-state index is -4.71. The van der Waals surface area contributed by atoms with Gasteiger partial charge >= 0.3 is 18.2 Å². The number of rotatable bonds is 6. The van der Waals surface area contributed by atoms with Gasteiger partial charge in [-0.15, -0.1) is 0 Å². The zero-order valence-corrected chi connectivity index (χ0v) is 11.9. The van der Waals surface area contributed by atoms with Crippen molar-refractivity contribution < 1.29 is 32.7 Å². The van der Waals surface area contributed by atoms with Crippen molar-refractivity contribution in [1.29, 1.82) is 0 Å². The van der Waals surface area contributed by atoms with Crippen LogP contribution in [0, 0.1) is 5.92 Å². The van der Waals surface area contributed by atoms with Gasteiger partial charge in [0.2, 0.25) is 5.91 Å². The number of carbonyl (C=O) groups excluding carboxylic acids is 2. The van der Waals surface area contributed by atoms with Crippen molar-refractivity contribution in [2.75, 3.05) is 33.7 Å². The van der Waals surface area contributed by atoms with E-state index in [0.29, 0.717) is 0 Å². The highest BCUT2D eigenvalue weighted by Gasteiger charge is 2.35. The maximum Gasteiger partial charge on any atom is 0.406 e. The molecule has 21 heavy (non-hydrogen) atoms. The van der Waals surface area contributed by atoms with Crippen LogP contribution >= 0.6 is 0 Å². The molecule has 122 valence electrons. The number of urea groups is 1. The summed E-state index contributed by atoms with van der Waals surface area (Å²) in [5.74, 6) is -2.57. The van der Waals surface area contributed by atoms with E-state index in [-0.39, 0.29) is 17.4 Å². The molecule has 0 heterocycles. The van der Waals surface area contributed by atoms with Gasteiger partial charge in [0.05, 0.1) is 5.92 Å². The first-order chi connectivity index (χ1) is 9.47. The van der Waals surface area contributed by atoms with Gasteiger partial charge in [-0.05, 0) is 0 Å². The number of aliphatic carboxylic acids is 1. The molecule has 0 aliphatic rings. The molecule has 0 aromatic carbocycles. The smallest absolute Gasteiger partial charge is 0.406 e. The molecule has 1 atom stereocenters. The lowest BCUT2D eigenvalue weighted by Crippen LogP contribution is -2.49. The highest BCUT2D eigenvalue weighted by Crippen LogP contribution is 2.17. The molecule has 0 aromatic heterocycles. The second-order valence-electron chi connectivity index (χ2n) is 4.54. The van der Waals surface area contributed by atoms with E-state index in [1.807, 2.05) is 0 Å². The van der Waals surface area contributed by atoms with Crippen LogP contribution in [0.15, 0.2) is 0 Å². The van der Waals surface area contributed by atoms with Gasteiger partial charge in [-0.25, -0.2) is 4.79 Å². The van der Waals surface area contributed by atoms with Crippen molar-refractivity contribution in [1.82, 2.24) is 15.1 Å². The predicted octanol–water partition coefficient (Wildman–Crippen LogP) is 0.369. The molecule has 0 rings (SSSR count). The molecule has 0 bridgehead atoms. The van der Waals surface area contributed by atoms with E-state index in [9.17, 15) is 27.6 Å². The molecule has 10 heteroatoms. The van der Waals surface area contributed by atoms with E-state index in [1.54, 1.807) is 0 Å². The standard InChI is InChI=1S/C11H18F3N3O4/c1-7(9(20)15-2)4-16(3)10(21)17(5-8(18)19)6-11(12,13)14/h7H,4-6H2,1-3H3,(H,15,20)(H,18,19). The van der Waals surface area contributed by atoms with Gasteiger partial charge in [-0.1, -0.05) is 6.92 Å². The number of hydrogen-bond donors (Lipinski definition) is 2. The third-order valence-corrected chi connectivity index (χ3v) is 2.54. The molecule has 0 saturated carbocycles. The highest BCUT2D eigenvalue weighted by atomic mass is 19.4. The third kappa shape index (κ3) is 7.37. The van der Waals surface area contributed by atoms with Crippen LogP contribution in [0.3, 0.4) is 0 Å². The van der Waals surface area contributed by atoms with Gasteiger partial charge in [0.15, 0.2) is 0 Å². The van der Waals surface area contributed by atoms with Crippen molar-refractivity contribution in [2.24, 2.45) is 5.92 Å². The first kappa shape index (κ1) is 19.0. The Morgan fingerprint density at radius 1 is 1.29 bits per heavy atom. The van der Waals surface area contributed by atoms with Gasteiger partial charge in [-0.3, -0.25) is 9.59 Å². The minimum absolute atomic E-state index is 0.132. The molecular formula is C11H18F3N3O4. The summed E-state index contributed by atoms with van der Waals surface area (Å²) >= 11 is 0. The Labute approximate surface area is 119 Å². The lowest BCUT2D eigenvalue weighted by Gasteiger charge is -2.28. The molecule has 0 aromatic rings. The van der Waals surface area contributed by atoms with Crippen LogP contribution in [0.1, 0.15) is 6.92 Å². The van der Waals surface area contributed by atoms with Crippen molar-refractivity contribution in [3.05, 3.63) is 0 Å². The normalized spacial score (nSPS) is 12.5. The minimum Gasteiger partial charge on any atom is -0.480 e. The third-order valence-electron chi connectivity index (χ3n) is 2.54. The van der Waals surface area contributed by atoms with Crippen LogP contribution < -0.4 is 5.32 Å². The van der Waals surface area contributed by atoms with Crippen molar-refractivity contribution in [2.45, 2.75) is 13.1 Å². The fraction of sp³-hybridized carbons (Fsp3) is 0.727. The SMILES string of the molecule is CNC(=O)C(C)CN(C)C(=O)N(CC(=O)O)CC(F)(F)F. The number of carbonyl (C=O) groups is 3. The molecule has 7 nitrogen and oxygen atoms in total. The molecule has 0 radical (unpaired) electrons. The van der Waals surface area contributed by atoms with Gasteiger partial charge < -0.3 is 20.2 Å². The van der Waals surface area contributed by atoms with E-state index in [2.05, 4.69) is 5.32 Å². The maximum atomic E-state index is 12.4. The Morgan fingerprint density at radius 2 is 1.81 bits per heavy atom. The van der Waals surface area contributed by atoms with Gasteiger partial charge in [-0.2, -0.15) is 13.2 Å². The Bertz CT molecular complexity index is 401. The topological polar surface area (TPSA) is 90.0 Å². The summed E-state index contributed by atoms with van der Waals surface area (Å²) in [7, 11) is 2.59. The number of carboxylic acid groups (broad SMARTS) is 1. The lowest BCUT2D eigenvalue weighted by molar-refractivity contribution is -0.149. The van der Waals surface area contributed by atoms with Crippen LogP contribution in [-0.2, 0) is 9.59 Å². The first-order valence-electron chi connectivity index (χ1n) is 5.98. The second-order valence-corrected chi connectivity index (χ2v) is 4.54. The van der Waals surface area contributed by atoms with Gasteiger partial charge in [0.25, 0.3) is 0 Å². The van der Waals surface area contributed by atoms with Crippen LogP contribution in [0.25, 0.3) is 0 Å². The average molecular weight is 313 g/mol. The zero-order chi connectivity index (χ0) is 16.8. The Balaban J connectivity index is 4.85. The second kappa shape index (κ2) is 7.70. The number of amides is 3. The molecule has 2 N–H and O–H groups in total. The van der Waals surface area contributed by atoms with Crippen LogP contribution in [0.5, 0.6) is 0 Å². The lowest BCUT2D eigenvalue weighted by atomic mass is 10.1. The molecule has 1 unspecified atom stereocenters. The summed E-state index contributed by atoms with van der Waals surface area (Å²) < 4.78 is 37.1. The fourth-order valence-electron chi connectivity index (χ4n) is 1.63. The number of halogens is 3. The summed E-state index contributed by atoms with van der Waals surface area (Å²) in [6.45, 7) is -1.38. The van der Waals surface area contributed by atoms with Crippen LogP contribution in [-0.4, -0.2) is 72.7 Å². The molecule has 3 amide bonds. The summed E-state index contributed by atoms with van der Waals surface area (Å²) in [6.07, 6.45) is -4.71. The molecule has 0 aliphatic heterocycles. The summed E-state index contributed by atoms with van der Waals surface area (Å²) in [6, 6.07) is -1.11. The van der Waals surface area contributed by atoms with Gasteiger partial charge in [0.1, 0.15) is 13.1 Å². The molecule has 0 saturated heterocycles. The Hall–Kier alpha value is -2.00. The van der Waals surface area contributed by atoms with Crippen molar-refractivity contribution in [3.8, 4) is 0 Å². The van der Waals surface area contributed by atoms with Crippen LogP contribution in [0.2, 0.25) is 0 Å². The Kier molecular flexibility index (Phi) is 6.96. The number of hydrogen-bond acceptors (Lipinski definition) is 3. The average Bonchev–Trinajstić information content (AvgIpc) is 2.33. The largest absolute Gasteiger partial charge is 0.480 e. The Morgan fingerprint density at radius 3 is 2.19 bits per heavy atom. The van der Waals surface area contributed by atoms with Gasteiger partial charge in [0, 0.05) is 20.6 Å². The number of nitrogens with one attached hydrogen (secondary N) is 1. The zero-order valence-electron chi connectivity index (χ0n) is 11.9. The fourth-order valence-corrected chi connectivity index (χ4v) is 1.63. The molecule has 0 aliphatic carbocycles. The molecule has 0 fully saturated rings. The number of nitrogens with zero attached hydrogens (tertiary/aromatic N) is 2. The highest BCUT2D eigenvalue weighted by molar-refractivity contribution is 5.81. The first-order valence-corrected chi connectivity index (χ1v) is 5.98. The number of carboxylic acids is 1. The maximum absolute atomic E-state index is 12.4. The predicted molar refractivity (Wildman–Crippen MR) is 66.5 cm³/mol. The van der Waals surface area contributed by atoms with Crippen molar-refractivity contribution in [3.63, 3.8) is 0 Å². The quantitative estimate of drug-likeness (QED) is 0.741. The van der Waals surface area contributed by atoms with E-state index < -0.39 is 37.2 Å². The molecular weight excluding hydrogens is 295 g/mol.